The van der Waals surface area contributed by atoms with Gasteiger partial charge in [0.15, 0.2) is 10.1 Å². The number of fused-ring (bicyclic) bond motifs is 4. The smallest absolute Gasteiger partial charge is 0.262 e. The van der Waals surface area contributed by atoms with Crippen LogP contribution in [0.2, 0.25) is 0 Å². The third-order valence-corrected chi connectivity index (χ3v) is 18.0. The Balaban J connectivity index is 0.000000201. The van der Waals surface area contributed by atoms with Crippen molar-refractivity contribution in [3.05, 3.63) is 141 Å². The summed E-state index contributed by atoms with van der Waals surface area (Å²) in [6.07, 6.45) is 24.0. The van der Waals surface area contributed by atoms with E-state index in [0.717, 1.165) is 98.2 Å². The first-order valence-corrected chi connectivity index (χ1v) is 29.0. The Labute approximate surface area is 426 Å². The van der Waals surface area contributed by atoms with Gasteiger partial charge in [-0.1, -0.05) is 62.1 Å². The number of aromatic nitrogens is 4. The highest BCUT2D eigenvalue weighted by molar-refractivity contribution is 7.89. The Morgan fingerprint density at radius 2 is 1.01 bits per heavy atom. The quantitative estimate of drug-likeness (QED) is 0.0460. The van der Waals surface area contributed by atoms with Gasteiger partial charge in [-0.25, -0.2) is 22.0 Å². The molecule has 0 saturated heterocycles. The molecule has 4 aliphatic rings. The summed E-state index contributed by atoms with van der Waals surface area (Å²) in [6, 6.07) is 22.8. The predicted molar refractivity (Wildman–Crippen MR) is 283 cm³/mol. The van der Waals surface area contributed by atoms with Crippen LogP contribution in [-0.2, 0) is 84.8 Å². The lowest BCUT2D eigenvalue weighted by Crippen LogP contribution is -2.30. The number of sulfonamides is 2. The molecule has 2 aromatic heterocycles. The molecule has 384 valence electrons. The fourth-order valence-corrected chi connectivity index (χ4v) is 13.6. The summed E-state index contributed by atoms with van der Waals surface area (Å²) in [7, 11) is -4.35. The number of unbranched alkanes of at least 4 members (excludes halogenated alkanes) is 4. The standard InChI is InChI=1S/C36H44N4O4S.C20H28N4O2S/c1-43-31-16-10-26(11-17-31)24-40(25-27-12-18-32(44-2)19-13-27)45(41,42)34-20-22-39(38-34)21-5-3-4-7-28-14-15-30-23-29-8-6-9-33(29)36(37)35(28)30;21-20-17-7-4-6-15(17)13-16-9-8-14(19(16)20)5-2-1-3-11-24-12-10-18(23-24)27(22,25)26/h10-13,16-20,22-23,28H,3-9,14-15,21,24-25,37H2,1-2H3;10,12-14H,1-9,11,21H2,(H2,22,25,26). The van der Waals surface area contributed by atoms with Gasteiger partial charge in [0.05, 0.1) is 14.2 Å². The van der Waals surface area contributed by atoms with Crippen LogP contribution < -0.4 is 26.1 Å². The third kappa shape index (κ3) is 11.7. The lowest BCUT2D eigenvalue weighted by atomic mass is 9.90. The lowest BCUT2D eigenvalue weighted by Gasteiger charge is -2.21. The van der Waals surface area contributed by atoms with Crippen LogP contribution in [0.3, 0.4) is 0 Å². The molecule has 2 heterocycles. The van der Waals surface area contributed by atoms with Gasteiger partial charge in [0.1, 0.15) is 11.5 Å². The molecule has 2 atom stereocenters. The molecule has 0 aliphatic heterocycles. The lowest BCUT2D eigenvalue weighted by molar-refractivity contribution is 0.394. The van der Waals surface area contributed by atoms with Crippen LogP contribution in [0.25, 0.3) is 0 Å². The van der Waals surface area contributed by atoms with Crippen LogP contribution in [0.5, 0.6) is 11.5 Å². The predicted octanol–water partition coefficient (Wildman–Crippen LogP) is 9.54. The zero-order chi connectivity index (χ0) is 50.4. The molecule has 14 nitrogen and oxygen atoms in total. The van der Waals surface area contributed by atoms with Crippen molar-refractivity contribution in [1.82, 2.24) is 23.9 Å². The average molecular weight is 1020 g/mol. The largest absolute Gasteiger partial charge is 0.497 e. The number of nitrogens with two attached hydrogens (primary N) is 3. The molecule has 0 saturated carbocycles. The number of nitrogen functional groups attached to an aromatic ring is 2. The highest BCUT2D eigenvalue weighted by Gasteiger charge is 2.31. The maximum Gasteiger partial charge on any atom is 0.262 e. The first kappa shape index (κ1) is 51.2. The highest BCUT2D eigenvalue weighted by atomic mass is 32.2. The van der Waals surface area contributed by atoms with Crippen molar-refractivity contribution in [2.75, 3.05) is 25.7 Å². The van der Waals surface area contributed by atoms with Crippen molar-refractivity contribution in [1.29, 1.82) is 0 Å². The van der Waals surface area contributed by atoms with E-state index in [4.69, 9.17) is 26.1 Å². The number of primary sulfonamides is 1. The molecule has 0 fully saturated rings. The monoisotopic (exact) mass is 1020 g/mol. The van der Waals surface area contributed by atoms with E-state index in [0.29, 0.717) is 24.9 Å². The zero-order valence-corrected chi connectivity index (χ0v) is 43.7. The summed E-state index contributed by atoms with van der Waals surface area (Å²) in [5.74, 6) is 2.61. The van der Waals surface area contributed by atoms with Gasteiger partial charge >= 0.3 is 0 Å². The first-order valence-electron chi connectivity index (χ1n) is 26.0. The minimum Gasteiger partial charge on any atom is -0.497 e. The molecule has 0 amide bonds. The number of methoxy groups -OCH3 is 2. The van der Waals surface area contributed by atoms with Gasteiger partial charge in [0.25, 0.3) is 20.0 Å². The van der Waals surface area contributed by atoms with Crippen LogP contribution in [0.4, 0.5) is 11.4 Å². The van der Waals surface area contributed by atoms with Gasteiger partial charge in [-0.2, -0.15) is 14.5 Å². The molecule has 16 heteroatoms. The van der Waals surface area contributed by atoms with E-state index < -0.39 is 20.0 Å². The van der Waals surface area contributed by atoms with E-state index in [1.807, 2.05) is 48.5 Å². The maximum atomic E-state index is 13.9. The summed E-state index contributed by atoms with van der Waals surface area (Å²) < 4.78 is 65.8. The summed E-state index contributed by atoms with van der Waals surface area (Å²) in [5, 5.41) is 13.6. The highest BCUT2D eigenvalue weighted by Crippen LogP contribution is 2.46. The van der Waals surface area contributed by atoms with Gasteiger partial charge in [0, 0.05) is 49.9 Å². The molecule has 0 bridgehead atoms. The Hall–Kier alpha value is -5.68. The van der Waals surface area contributed by atoms with Crippen LogP contribution in [0, 0.1) is 0 Å². The summed E-state index contributed by atoms with van der Waals surface area (Å²) in [6.45, 7) is 1.82. The number of benzene rings is 4. The van der Waals surface area contributed by atoms with E-state index in [2.05, 4.69) is 22.3 Å². The van der Waals surface area contributed by atoms with E-state index in [-0.39, 0.29) is 23.1 Å². The second-order valence-corrected chi connectivity index (χ2v) is 23.6. The molecule has 72 heavy (non-hydrogen) atoms. The first-order chi connectivity index (χ1) is 34.8. The topological polar surface area (TPSA) is 204 Å². The number of rotatable bonds is 21. The summed E-state index contributed by atoms with van der Waals surface area (Å²) in [4.78, 5) is 0. The molecular weight excluding hydrogens is 945 g/mol. The van der Waals surface area contributed by atoms with Gasteiger partial charge in [-0.05, 0) is 194 Å². The molecule has 6 N–H and O–H groups in total. The van der Waals surface area contributed by atoms with Crippen molar-refractivity contribution < 1.29 is 26.3 Å². The fourth-order valence-electron chi connectivity index (χ4n) is 11.8. The van der Waals surface area contributed by atoms with E-state index in [1.54, 1.807) is 42.0 Å². The molecule has 2 unspecified atom stereocenters. The second kappa shape index (κ2) is 22.6. The second-order valence-electron chi connectivity index (χ2n) is 20.2. The molecule has 6 aromatic rings. The van der Waals surface area contributed by atoms with Gasteiger partial charge in [0.2, 0.25) is 0 Å². The minimum absolute atomic E-state index is 0.0620. The Kier molecular flexibility index (Phi) is 16.1. The number of ether oxygens (including phenoxy) is 2. The Morgan fingerprint density at radius 1 is 0.569 bits per heavy atom. The fraction of sp³-hybridized carbons (Fsp3) is 0.464. The third-order valence-electron chi connectivity index (χ3n) is 15.5. The molecule has 0 radical (unpaired) electrons. The number of anilines is 2. The molecule has 10 rings (SSSR count). The maximum absolute atomic E-state index is 13.9. The van der Waals surface area contributed by atoms with Crippen molar-refractivity contribution in [3.8, 4) is 11.5 Å². The van der Waals surface area contributed by atoms with E-state index in [1.165, 1.54) is 106 Å². The number of nitrogens with zero attached hydrogens (tertiary/aromatic N) is 5. The van der Waals surface area contributed by atoms with Crippen LogP contribution >= 0.6 is 0 Å². The van der Waals surface area contributed by atoms with Crippen molar-refractivity contribution in [2.45, 2.75) is 164 Å². The number of hydrogen-bond donors (Lipinski definition) is 3. The average Bonchev–Trinajstić information content (AvgIpc) is 4.25. The minimum atomic E-state index is -3.86. The van der Waals surface area contributed by atoms with Crippen LogP contribution in [-0.4, -0.2) is 54.9 Å². The SMILES string of the molecule is COc1ccc(CN(Cc2ccc(OC)cc2)S(=O)(=O)c2ccn(CCCCCC3CCc4cc5c(c(N)c43)CCC5)n2)cc1.Nc1c2c(cc3c1C(CCCCCn1ccc(S(N)(=O)=O)n1)CC3)CCC2. The van der Waals surface area contributed by atoms with Crippen molar-refractivity contribution in [2.24, 2.45) is 5.14 Å². The molecular formula is C56H72N8O6S2. The van der Waals surface area contributed by atoms with Gasteiger partial charge < -0.3 is 20.9 Å². The van der Waals surface area contributed by atoms with Crippen molar-refractivity contribution >= 4 is 31.4 Å². The summed E-state index contributed by atoms with van der Waals surface area (Å²) in [5.41, 5.74) is 28.8. The normalized spacial score (nSPS) is 16.8. The van der Waals surface area contributed by atoms with E-state index >= 15 is 0 Å². The van der Waals surface area contributed by atoms with Gasteiger partial charge in [-0.3, -0.25) is 9.36 Å². The molecule has 0 spiro atoms. The number of aryl methyl sites for hydroxylation is 6. The Bertz CT molecular complexity index is 3010. The van der Waals surface area contributed by atoms with Crippen molar-refractivity contribution in [3.63, 3.8) is 0 Å². The number of hydrogen-bond acceptors (Lipinski definition) is 10. The van der Waals surface area contributed by atoms with Crippen LogP contribution in [0.1, 0.15) is 145 Å². The van der Waals surface area contributed by atoms with E-state index in [9.17, 15) is 16.8 Å². The molecule has 4 aromatic carbocycles. The van der Waals surface area contributed by atoms with Crippen LogP contribution in [0.15, 0.2) is 95.2 Å². The molecule has 4 aliphatic carbocycles. The zero-order valence-electron chi connectivity index (χ0n) is 42.0. The Morgan fingerprint density at radius 3 is 1.44 bits per heavy atom. The summed E-state index contributed by atoms with van der Waals surface area (Å²) >= 11 is 0. The van der Waals surface area contributed by atoms with Gasteiger partial charge in [-0.15, -0.1) is 0 Å².